The number of ether oxygens (including phenoxy) is 1. The fraction of sp³-hybridized carbons (Fsp3) is 0.333. The molecule has 0 radical (unpaired) electrons. The molecule has 0 N–H and O–H groups in total. The van der Waals surface area contributed by atoms with E-state index in [0.29, 0.717) is 6.20 Å². The first kappa shape index (κ1) is 14.6. The zero-order valence-electron chi connectivity index (χ0n) is 8.69. The number of aromatic nitrogens is 1. The minimum atomic E-state index is -5.15. The first-order chi connectivity index (χ1) is 8.20. The van der Waals surface area contributed by atoms with Crippen molar-refractivity contribution in [2.45, 2.75) is 12.6 Å². The Labute approximate surface area is 103 Å². The number of halogens is 6. The molecule has 1 heterocycles. The van der Waals surface area contributed by atoms with Crippen molar-refractivity contribution in [1.82, 2.24) is 4.98 Å². The van der Waals surface area contributed by atoms with Gasteiger partial charge in [0, 0.05) is 6.20 Å². The van der Waals surface area contributed by atoms with Crippen LogP contribution in [-0.2, 0) is 10.9 Å². The molecule has 18 heavy (non-hydrogen) atoms. The zero-order chi connectivity index (χ0) is 14.1. The number of carbonyl (C=O) groups excluding carboxylic acids is 1. The second kappa shape index (κ2) is 5.05. The third kappa shape index (κ3) is 2.69. The van der Waals surface area contributed by atoms with Crippen molar-refractivity contribution < 1.29 is 31.5 Å². The lowest BCUT2D eigenvalue weighted by atomic mass is 10.1. The molecule has 0 amide bonds. The second-order valence-electron chi connectivity index (χ2n) is 3.04. The lowest BCUT2D eigenvalue weighted by Gasteiger charge is -2.14. The van der Waals surface area contributed by atoms with Crippen LogP contribution in [0.1, 0.15) is 28.0 Å². The third-order valence-electron chi connectivity index (χ3n) is 1.94. The first-order valence-electron chi connectivity index (χ1n) is 4.32. The molecule has 3 nitrogen and oxygen atoms in total. The van der Waals surface area contributed by atoms with Gasteiger partial charge in [0.2, 0.25) is 0 Å². The molecule has 0 unspecified atom stereocenters. The minimum Gasteiger partial charge on any atom is -0.465 e. The van der Waals surface area contributed by atoms with Crippen LogP contribution in [0.25, 0.3) is 0 Å². The smallest absolute Gasteiger partial charge is 0.419 e. The van der Waals surface area contributed by atoms with E-state index in [1.807, 2.05) is 0 Å². The molecule has 0 aliphatic rings. The van der Waals surface area contributed by atoms with Gasteiger partial charge in [-0.1, -0.05) is 11.6 Å². The number of rotatable bonds is 2. The summed E-state index contributed by atoms with van der Waals surface area (Å²) in [5, 5.41) is -1.15. The van der Waals surface area contributed by atoms with E-state index < -0.39 is 40.4 Å². The summed E-state index contributed by atoms with van der Waals surface area (Å²) in [5.41, 5.74) is -4.09. The molecule has 0 saturated heterocycles. The average molecular weight is 290 g/mol. The van der Waals surface area contributed by atoms with E-state index in [2.05, 4.69) is 9.72 Å². The van der Waals surface area contributed by atoms with Gasteiger partial charge in [0.25, 0.3) is 6.43 Å². The Morgan fingerprint density at radius 2 is 2.00 bits per heavy atom. The van der Waals surface area contributed by atoms with Crippen molar-refractivity contribution in [1.29, 1.82) is 0 Å². The Hall–Kier alpha value is -1.44. The highest BCUT2D eigenvalue weighted by atomic mass is 35.5. The average Bonchev–Trinajstić information content (AvgIpc) is 2.25. The number of carbonyl (C=O) groups is 1. The summed E-state index contributed by atoms with van der Waals surface area (Å²) in [4.78, 5) is 14.0. The molecule has 0 atom stereocenters. The Morgan fingerprint density at radius 1 is 1.44 bits per heavy atom. The maximum Gasteiger partial charge on any atom is 0.419 e. The molecule has 1 aromatic rings. The monoisotopic (exact) mass is 289 g/mol. The van der Waals surface area contributed by atoms with Gasteiger partial charge in [0.15, 0.2) is 0 Å². The molecule has 0 bridgehead atoms. The molecule has 0 spiro atoms. The number of methoxy groups -OCH3 is 1. The molecule has 1 rings (SSSR count). The molecule has 0 saturated carbocycles. The van der Waals surface area contributed by atoms with E-state index in [9.17, 15) is 26.7 Å². The lowest BCUT2D eigenvalue weighted by molar-refractivity contribution is -0.139. The summed E-state index contributed by atoms with van der Waals surface area (Å²) in [6.07, 6.45) is -8.10. The summed E-state index contributed by atoms with van der Waals surface area (Å²) in [7, 11) is 0.910. The maximum atomic E-state index is 12.6. The Balaban J connectivity index is 3.55. The van der Waals surface area contributed by atoms with Crippen LogP contribution < -0.4 is 0 Å². The highest BCUT2D eigenvalue weighted by Gasteiger charge is 2.41. The van der Waals surface area contributed by atoms with Gasteiger partial charge < -0.3 is 4.74 Å². The molecule has 0 aliphatic heterocycles. The summed E-state index contributed by atoms with van der Waals surface area (Å²) in [6.45, 7) is 0. The Kier molecular flexibility index (Phi) is 4.10. The van der Waals surface area contributed by atoms with Gasteiger partial charge in [-0.2, -0.15) is 13.2 Å². The van der Waals surface area contributed by atoms with Crippen molar-refractivity contribution in [2.24, 2.45) is 0 Å². The van der Waals surface area contributed by atoms with Gasteiger partial charge in [-0.25, -0.2) is 13.6 Å². The third-order valence-corrected chi connectivity index (χ3v) is 2.33. The fourth-order valence-electron chi connectivity index (χ4n) is 1.19. The number of nitrogens with zero attached hydrogens (tertiary/aromatic N) is 1. The number of pyridine rings is 1. The first-order valence-corrected chi connectivity index (χ1v) is 4.70. The van der Waals surface area contributed by atoms with Crippen LogP contribution in [0.5, 0.6) is 0 Å². The van der Waals surface area contributed by atoms with Crippen LogP contribution in [0.15, 0.2) is 6.20 Å². The number of alkyl halides is 5. The van der Waals surface area contributed by atoms with Gasteiger partial charge in [-0.05, 0) is 0 Å². The van der Waals surface area contributed by atoms with Crippen molar-refractivity contribution in [3.8, 4) is 0 Å². The Bertz CT molecular complexity index is 475. The minimum absolute atomic E-state index is 0.519. The standard InChI is InChI=1S/C9H5ClF5NO2/c1-18-8(17)3-2-16-6(7(11)12)4(5(3)10)9(13,14)15/h2,7H,1H3. The van der Waals surface area contributed by atoms with Crippen LogP contribution >= 0.6 is 11.6 Å². The van der Waals surface area contributed by atoms with Gasteiger partial charge in [0.05, 0.1) is 17.7 Å². The molecular formula is C9H5ClF5NO2. The molecule has 100 valence electrons. The van der Waals surface area contributed by atoms with Gasteiger partial charge in [0.1, 0.15) is 11.3 Å². The fourth-order valence-corrected chi connectivity index (χ4v) is 1.52. The second-order valence-corrected chi connectivity index (χ2v) is 3.41. The molecule has 0 fully saturated rings. The maximum absolute atomic E-state index is 12.6. The number of hydrogen-bond donors (Lipinski definition) is 0. The quantitative estimate of drug-likeness (QED) is 0.618. The SMILES string of the molecule is COC(=O)c1cnc(C(F)F)c(C(F)(F)F)c1Cl. The van der Waals surface area contributed by atoms with Crippen LogP contribution in [0.2, 0.25) is 5.02 Å². The number of esters is 1. The van der Waals surface area contributed by atoms with Crippen molar-refractivity contribution >= 4 is 17.6 Å². The molecular weight excluding hydrogens is 285 g/mol. The topological polar surface area (TPSA) is 39.2 Å². The predicted octanol–water partition coefficient (Wildman–Crippen LogP) is 3.48. The van der Waals surface area contributed by atoms with Crippen LogP contribution in [-0.4, -0.2) is 18.1 Å². The number of hydrogen-bond acceptors (Lipinski definition) is 3. The van der Waals surface area contributed by atoms with Crippen molar-refractivity contribution in [3.63, 3.8) is 0 Å². The Morgan fingerprint density at radius 3 is 2.39 bits per heavy atom. The summed E-state index contributed by atoms with van der Waals surface area (Å²) in [6, 6.07) is 0. The van der Waals surface area contributed by atoms with E-state index in [4.69, 9.17) is 11.6 Å². The normalized spacial score (nSPS) is 11.8. The van der Waals surface area contributed by atoms with E-state index >= 15 is 0 Å². The van der Waals surface area contributed by atoms with Crippen LogP contribution in [0.4, 0.5) is 22.0 Å². The summed E-state index contributed by atoms with van der Waals surface area (Å²) < 4.78 is 66.8. The summed E-state index contributed by atoms with van der Waals surface area (Å²) >= 11 is 5.32. The van der Waals surface area contributed by atoms with Crippen LogP contribution in [0.3, 0.4) is 0 Å². The molecule has 1 aromatic heterocycles. The zero-order valence-corrected chi connectivity index (χ0v) is 9.44. The van der Waals surface area contributed by atoms with Gasteiger partial charge in [-0.3, -0.25) is 4.98 Å². The molecule has 0 aromatic carbocycles. The van der Waals surface area contributed by atoms with Gasteiger partial charge in [-0.15, -0.1) is 0 Å². The van der Waals surface area contributed by atoms with Crippen molar-refractivity contribution in [2.75, 3.05) is 7.11 Å². The largest absolute Gasteiger partial charge is 0.465 e. The van der Waals surface area contributed by atoms with Crippen LogP contribution in [0, 0.1) is 0 Å². The van der Waals surface area contributed by atoms with E-state index in [0.717, 1.165) is 7.11 Å². The molecule has 9 heteroatoms. The summed E-state index contributed by atoms with van der Waals surface area (Å²) in [5.74, 6) is -1.20. The lowest BCUT2D eigenvalue weighted by Crippen LogP contribution is -2.16. The predicted molar refractivity (Wildman–Crippen MR) is 50.5 cm³/mol. The van der Waals surface area contributed by atoms with Gasteiger partial charge >= 0.3 is 12.1 Å². The highest BCUT2D eigenvalue weighted by molar-refractivity contribution is 6.34. The van der Waals surface area contributed by atoms with E-state index in [-0.39, 0.29) is 0 Å². The molecule has 0 aliphatic carbocycles. The van der Waals surface area contributed by atoms with E-state index in [1.54, 1.807) is 0 Å². The van der Waals surface area contributed by atoms with Crippen molar-refractivity contribution in [3.05, 3.63) is 28.0 Å². The highest BCUT2D eigenvalue weighted by Crippen LogP contribution is 2.41. The van der Waals surface area contributed by atoms with E-state index in [1.165, 1.54) is 0 Å².